The van der Waals surface area contributed by atoms with E-state index in [1.54, 1.807) is 36.7 Å². The molecule has 7 saturated carbocycles. The second kappa shape index (κ2) is 120. The summed E-state index contributed by atoms with van der Waals surface area (Å²) in [5.74, 6) is 32.4. The second-order valence-corrected chi connectivity index (χ2v) is 83.7. The van der Waals surface area contributed by atoms with Crippen molar-refractivity contribution in [2.45, 2.75) is 364 Å². The van der Waals surface area contributed by atoms with Crippen LogP contribution in [0.4, 0.5) is 0 Å². The third-order valence-electron chi connectivity index (χ3n) is 36.8. The Balaban J connectivity index is -0.0000000932. The molecule has 0 aromatic carbocycles. The Morgan fingerprint density at radius 2 is 0.577 bits per heavy atom. The number of nitrogens with one attached hydrogen (secondary N) is 2. The second-order valence-electron chi connectivity index (χ2n) is 43.3. The Hall–Kier alpha value is 5.32. The molecule has 0 spiro atoms. The molecule has 8 fully saturated rings. The van der Waals surface area contributed by atoms with E-state index in [0.717, 1.165) is 314 Å². The molecule has 1 aliphatic heterocycles. The minimum Gasteiger partial charge on any atom is -0.255 e. The van der Waals surface area contributed by atoms with Gasteiger partial charge in [-0.05, 0) is 386 Å². The molecule has 7 aliphatic carbocycles. The fourth-order valence-corrected chi connectivity index (χ4v) is 24.7. The summed E-state index contributed by atoms with van der Waals surface area (Å²) in [6.45, 7) is 89.0. The van der Waals surface area contributed by atoms with Gasteiger partial charge in [-0.15, -0.1) is 0 Å². The van der Waals surface area contributed by atoms with Gasteiger partial charge in [0, 0.05) is 106 Å². The van der Waals surface area contributed by atoms with Crippen LogP contribution in [0.2, 0.25) is 0 Å². The van der Waals surface area contributed by atoms with Crippen molar-refractivity contribution in [2.75, 3.05) is 59.0 Å². The summed E-state index contributed by atoms with van der Waals surface area (Å²) in [6, 6.07) is 19.8. The average Bonchev–Trinajstić information content (AvgIpc) is 1.65. The van der Waals surface area contributed by atoms with E-state index in [1.165, 1.54) is 137 Å². The van der Waals surface area contributed by atoms with Crippen molar-refractivity contribution < 1.29 is 110 Å². The fraction of sp³-hybridized carbons (Fsp3) is 0.825. The molecule has 0 amide bonds. The fourth-order valence-electron chi connectivity index (χ4n) is 24.7. The van der Waals surface area contributed by atoms with E-state index in [1.807, 2.05) is 36.4 Å². The van der Waals surface area contributed by atoms with Crippen molar-refractivity contribution >= 4 is 138 Å². The van der Waals surface area contributed by atoms with Gasteiger partial charge in [0.15, 0.2) is 0 Å². The minimum absolute atomic E-state index is 0. The first-order valence-corrected chi connectivity index (χ1v) is 87.2. The number of halogens is 8. The molecule has 911 valence electrons. The summed E-state index contributed by atoms with van der Waals surface area (Å²) < 4.78 is 5.46. The number of nitrogens with zero attached hydrogens (tertiary/aromatic N) is 6. The Kier molecular flexibility index (Phi) is 152. The maximum Gasteiger partial charge on any atom is 2.00 e. The van der Waals surface area contributed by atoms with Gasteiger partial charge in [0.05, 0.1) is 42.3 Å². The van der Waals surface area contributed by atoms with Crippen LogP contribution in [-0.4, -0.2) is 81.1 Å². The van der Waals surface area contributed by atoms with Gasteiger partial charge in [-0.3, -0.25) is 9.97 Å². The number of pyridine rings is 2. The van der Waals surface area contributed by atoms with Crippen LogP contribution in [0.1, 0.15) is 351 Å². The van der Waals surface area contributed by atoms with Crippen LogP contribution in [0.15, 0.2) is 48.8 Å². The standard InChI is InChI=1S/C17H35NO.C15H29N.C15H31N.4C12H25N.C10H8N2.4C2H3N.7CH3.2ClH.6HI.2Ir.5Rh/c1-6-11-19-12-10-18-9-7-8-17-15(4)13(2)14(3)16(17)5;1-10-11(2)13(4)15(12(10)3)8-7-14-6-5-9-16-14;1-9(2)15(16)8-7-14-12(5)10(3)11(4)13(14)6;4*1-8-9(2)11(4)12(10(8)3)6-5-7-13;1-3-7-11-9(5-1)10-6-2-4-8-12-10;4*1-2-3;;;;;;;;;;;;;;;;;;;;;;/h13-18H,6-12H2,1-5H3;10-16H,5-9H2,1-4H3;9-15H,7-8,16H2,1-6H3;4*8-12H,5-7,13H2,1-4H3;1-8H;4*1H3;7*1H3;8*1H;;;;;;;/q;;;;;;;;;;;;7*-1;;;;;;;;;;;5*+2/p-8. The average molecular weight is 3610 g/mol. The Labute approximate surface area is 1070 Å². The summed E-state index contributed by atoms with van der Waals surface area (Å²) in [7, 11) is 12.0. The molecule has 2 aromatic rings. The van der Waals surface area contributed by atoms with Crippen LogP contribution in [0.3, 0.4) is 0 Å². The number of hydrogen-bond acceptors (Lipinski definition) is 14. The van der Waals surface area contributed by atoms with Gasteiger partial charge in [-0.1, -0.05) is 227 Å². The zero-order valence-corrected chi connectivity index (χ0v) is 130. The number of aromatic nitrogens is 2. The van der Waals surface area contributed by atoms with E-state index < -0.39 is 0 Å². The van der Waals surface area contributed by atoms with E-state index >= 15 is 0 Å². The van der Waals surface area contributed by atoms with Crippen LogP contribution in [0.5, 0.6) is 0 Å². The van der Waals surface area contributed by atoms with E-state index in [9.17, 15) is 0 Å². The summed E-state index contributed by atoms with van der Waals surface area (Å²) >= 11 is 13.8. The van der Waals surface area contributed by atoms with Gasteiger partial charge in [-0.2, -0.15) is 21.0 Å². The molecule has 1 saturated heterocycles. The molecule has 29 heteroatoms. The third-order valence-corrected chi connectivity index (χ3v) is 36.8. The molecule has 30 atom stereocenters. The Morgan fingerprint density at radius 1 is 0.369 bits per heavy atom. The predicted octanol–water partition coefficient (Wildman–Crippen LogP) is 37.3. The first-order valence-electron chi connectivity index (χ1n) is 53.7. The molecule has 149 heavy (non-hydrogen) atoms. The topological polar surface area (TPSA) is 284 Å². The molecule has 14 nitrogen and oxygen atoms in total. The molecule has 0 bridgehead atoms. The van der Waals surface area contributed by atoms with Crippen molar-refractivity contribution in [2.24, 2.45) is 242 Å². The number of ether oxygens (including phenoxy) is 1. The zero-order chi connectivity index (χ0) is 108. The quantitative estimate of drug-likeness (QED) is 0.0173. The normalized spacial score (nSPS) is 31.6. The Bertz CT molecular complexity index is 2910. The van der Waals surface area contributed by atoms with Crippen LogP contribution >= 0.6 is 138 Å². The van der Waals surface area contributed by atoms with Gasteiger partial charge < -0.3 is 96.0 Å². The molecular formula is C120H236Cl2I6Ir2N13ORh5-5. The van der Waals surface area contributed by atoms with Crippen molar-refractivity contribution in [1.29, 1.82) is 21.0 Å². The Morgan fingerprint density at radius 3 is 0.758 bits per heavy atom. The summed E-state index contributed by atoms with van der Waals surface area (Å²) in [4.78, 5) is 8.37. The van der Waals surface area contributed by atoms with Gasteiger partial charge in [-0.25, -0.2) is 0 Å². The molecule has 30 unspecified atom stereocenters. The van der Waals surface area contributed by atoms with Gasteiger partial charge in [0.25, 0.3) is 0 Å². The summed E-state index contributed by atoms with van der Waals surface area (Å²) in [6.07, 6.45) is 25.8. The number of hydrogen-bond donors (Lipinski definition) is 7. The van der Waals surface area contributed by atoms with Crippen LogP contribution in [-0.2, 0) is 110 Å². The molecule has 8 aliphatic rings. The number of rotatable bonds is 29. The van der Waals surface area contributed by atoms with E-state index in [-0.39, 0.29) is 127 Å². The molecule has 3 radical (unpaired) electrons. The number of nitrogens with two attached hydrogens (primary N) is 5. The van der Waals surface area contributed by atoms with Crippen molar-refractivity contribution in [3.63, 3.8) is 0 Å². The smallest absolute Gasteiger partial charge is 0.255 e. The maximum absolute atomic E-state index is 7.32. The van der Waals surface area contributed by atoms with Gasteiger partial charge in [0.1, 0.15) is 0 Å². The number of nitriles is 4. The predicted molar refractivity (Wildman–Crippen MR) is 693 cm³/mol. The zero-order valence-electron chi connectivity index (χ0n) is 102. The molecule has 10 rings (SSSR count). The van der Waals surface area contributed by atoms with E-state index in [4.69, 9.17) is 73.8 Å². The van der Waals surface area contributed by atoms with E-state index in [2.05, 4.69) is 354 Å². The van der Waals surface area contributed by atoms with Crippen LogP contribution in [0.25, 0.3) is 11.4 Å². The minimum atomic E-state index is -0.226. The first kappa shape index (κ1) is 190. The summed E-state index contributed by atoms with van der Waals surface area (Å²) in [5, 5.41) is 36.4. The third kappa shape index (κ3) is 77.9. The van der Waals surface area contributed by atoms with E-state index in [0.29, 0.717) is 12.0 Å². The van der Waals surface area contributed by atoms with Gasteiger partial charge in [0.2, 0.25) is 0 Å². The van der Waals surface area contributed by atoms with Gasteiger partial charge >= 0.3 is 203 Å². The van der Waals surface area contributed by atoms with Crippen molar-refractivity contribution in [3.8, 4) is 35.7 Å². The van der Waals surface area contributed by atoms with Crippen molar-refractivity contribution in [3.05, 3.63) is 101 Å². The molecule has 2 aromatic heterocycles. The van der Waals surface area contributed by atoms with Crippen LogP contribution in [0, 0.1) is 310 Å². The van der Waals surface area contributed by atoms with Crippen LogP contribution < -0.4 is 39.3 Å². The molecular weight excluding hydrogens is 3370 g/mol. The summed E-state index contributed by atoms with van der Waals surface area (Å²) in [5.41, 5.74) is 30.3. The monoisotopic (exact) mass is 3610 g/mol. The molecule has 12 N–H and O–H groups in total. The largest absolute Gasteiger partial charge is 2.00 e. The SMILES string of the molecule is CC#N.CC#N.CC#N.CC#N.CC(C)C(N)CCC1C(C)C(C)C(C)C1C.CC1C(C)C(C)C(CCC2CCCN2)C1C.CC1C(C)C(C)C(CCCN)C1C.CC1C(C)C(C)C(CCCN)C1C.CC1C(C)C(C)C(CCCN)C1C.CC1C(C)C(C)C(CCCN)C1C.CCCOCCNCCCC1C(C)C(C)C(C)C1C.[CH3-].[CH3-].[CH3-].[CH3-].[CH3-].[CH3-].[CH3-].[Cl][Rh][Cl].[I][Rh][I].[I][Rh][I].[I][Rh][I].[Ir].[Ir].[Rh+2].c1ccc(-c2ccccn2)nc1. The maximum atomic E-state index is 7.32. The molecule has 3 heterocycles. The van der Waals surface area contributed by atoms with Crippen molar-refractivity contribution in [1.82, 2.24) is 20.6 Å². The first-order chi connectivity index (χ1) is 65.7.